The number of carbonyl (C=O) groups is 2. The molecule has 2 heterocycles. The van der Waals surface area contributed by atoms with Crippen LogP contribution in [0.2, 0.25) is 0 Å². The SMILES string of the molecule is O=C(O)c1ccccc1C(=O)N(CCS(=O)(=O)N1CCCCC1)Cc1cccnc1. The number of aromatic carboxylic acids is 1. The van der Waals surface area contributed by atoms with Gasteiger partial charge in [-0.3, -0.25) is 9.78 Å². The lowest BCUT2D eigenvalue weighted by molar-refractivity contribution is 0.0674. The molecule has 9 heteroatoms. The third kappa shape index (κ3) is 5.43. The molecule has 0 bridgehead atoms. The summed E-state index contributed by atoms with van der Waals surface area (Å²) in [7, 11) is -3.51. The summed E-state index contributed by atoms with van der Waals surface area (Å²) in [4.78, 5) is 30.2. The van der Waals surface area contributed by atoms with Crippen molar-refractivity contribution in [2.45, 2.75) is 25.8 Å². The topological polar surface area (TPSA) is 108 Å². The van der Waals surface area contributed by atoms with Gasteiger partial charge in [-0.1, -0.05) is 24.6 Å². The van der Waals surface area contributed by atoms with E-state index >= 15 is 0 Å². The highest BCUT2D eigenvalue weighted by molar-refractivity contribution is 7.89. The molecular formula is C21H25N3O5S. The first kappa shape index (κ1) is 21.9. The smallest absolute Gasteiger partial charge is 0.336 e. The number of hydrogen-bond donors (Lipinski definition) is 1. The number of pyridine rings is 1. The second-order valence-corrected chi connectivity index (χ2v) is 9.30. The van der Waals surface area contributed by atoms with Crippen molar-refractivity contribution in [1.29, 1.82) is 0 Å². The number of amides is 1. The fraction of sp³-hybridized carbons (Fsp3) is 0.381. The average molecular weight is 432 g/mol. The Morgan fingerprint density at radius 2 is 1.73 bits per heavy atom. The summed E-state index contributed by atoms with van der Waals surface area (Å²) in [6, 6.07) is 9.46. The van der Waals surface area contributed by atoms with Gasteiger partial charge in [0.05, 0.1) is 16.9 Å². The van der Waals surface area contributed by atoms with Crippen molar-refractivity contribution in [3.05, 3.63) is 65.5 Å². The van der Waals surface area contributed by atoms with Gasteiger partial charge in [-0.15, -0.1) is 0 Å². The minimum Gasteiger partial charge on any atom is -0.478 e. The van der Waals surface area contributed by atoms with Crippen LogP contribution in [0.3, 0.4) is 0 Å². The van der Waals surface area contributed by atoms with E-state index in [1.54, 1.807) is 36.7 Å². The molecular weight excluding hydrogens is 406 g/mol. The minimum atomic E-state index is -3.51. The van der Waals surface area contributed by atoms with Crippen LogP contribution in [-0.4, -0.2) is 65.0 Å². The Morgan fingerprint density at radius 1 is 1.03 bits per heavy atom. The molecule has 1 aromatic carbocycles. The molecule has 1 aliphatic rings. The molecule has 0 saturated carbocycles. The van der Waals surface area contributed by atoms with Crippen molar-refractivity contribution >= 4 is 21.9 Å². The van der Waals surface area contributed by atoms with E-state index in [1.165, 1.54) is 21.3 Å². The largest absolute Gasteiger partial charge is 0.478 e. The van der Waals surface area contributed by atoms with E-state index in [1.807, 2.05) is 0 Å². The first-order valence-corrected chi connectivity index (χ1v) is 11.5. The van der Waals surface area contributed by atoms with Crippen molar-refractivity contribution in [3.63, 3.8) is 0 Å². The molecule has 3 rings (SSSR count). The van der Waals surface area contributed by atoms with E-state index in [9.17, 15) is 23.1 Å². The molecule has 1 N–H and O–H groups in total. The van der Waals surface area contributed by atoms with Crippen molar-refractivity contribution in [3.8, 4) is 0 Å². The zero-order chi connectivity index (χ0) is 21.6. The monoisotopic (exact) mass is 431 g/mol. The van der Waals surface area contributed by atoms with Gasteiger partial charge in [0.15, 0.2) is 0 Å². The number of hydrogen-bond acceptors (Lipinski definition) is 5. The minimum absolute atomic E-state index is 0.0317. The number of carboxylic acids is 1. The molecule has 30 heavy (non-hydrogen) atoms. The predicted octanol–water partition coefficient (Wildman–Crippen LogP) is 2.24. The number of rotatable bonds is 8. The number of piperidine rings is 1. The predicted molar refractivity (Wildman–Crippen MR) is 112 cm³/mol. The standard InChI is InChI=1S/C21H25N3O5S/c25-20(18-8-2-3-9-19(18)21(26)27)23(16-17-7-6-10-22-15-17)13-14-30(28,29)24-11-4-1-5-12-24/h2-3,6-10,15H,1,4-5,11-14,16H2,(H,26,27). The van der Waals surface area contributed by atoms with Gasteiger partial charge in [0.2, 0.25) is 10.0 Å². The summed E-state index contributed by atoms with van der Waals surface area (Å²) in [5.74, 6) is -1.94. The number of nitrogens with zero attached hydrogens (tertiary/aromatic N) is 3. The molecule has 160 valence electrons. The fourth-order valence-corrected chi connectivity index (χ4v) is 5.01. The normalized spacial score (nSPS) is 14.9. The Morgan fingerprint density at radius 3 is 2.37 bits per heavy atom. The number of carboxylic acid groups (broad SMARTS) is 1. The summed E-state index contributed by atoms with van der Waals surface area (Å²) in [5, 5.41) is 9.43. The van der Waals surface area contributed by atoms with Crippen molar-refractivity contribution < 1.29 is 23.1 Å². The van der Waals surface area contributed by atoms with Crippen LogP contribution in [0.25, 0.3) is 0 Å². The second kappa shape index (κ2) is 9.82. The number of sulfonamides is 1. The van der Waals surface area contributed by atoms with Crippen LogP contribution < -0.4 is 0 Å². The highest BCUT2D eigenvalue weighted by Gasteiger charge is 2.27. The summed E-state index contributed by atoms with van der Waals surface area (Å²) in [6.07, 6.45) is 5.90. The summed E-state index contributed by atoms with van der Waals surface area (Å²) in [6.45, 7) is 1.10. The number of aromatic nitrogens is 1. The first-order valence-electron chi connectivity index (χ1n) is 9.87. The quantitative estimate of drug-likeness (QED) is 0.687. The van der Waals surface area contributed by atoms with Crippen molar-refractivity contribution in [2.24, 2.45) is 0 Å². The third-order valence-corrected chi connectivity index (χ3v) is 6.95. The van der Waals surface area contributed by atoms with E-state index in [2.05, 4.69) is 4.98 Å². The van der Waals surface area contributed by atoms with Crippen molar-refractivity contribution in [1.82, 2.24) is 14.2 Å². The van der Waals surface area contributed by atoms with E-state index < -0.39 is 21.9 Å². The molecule has 1 aliphatic heterocycles. The Balaban J connectivity index is 1.83. The Bertz CT molecular complexity index is 989. The maximum Gasteiger partial charge on any atom is 0.336 e. The molecule has 2 aromatic rings. The van der Waals surface area contributed by atoms with Gasteiger partial charge in [-0.05, 0) is 36.6 Å². The molecule has 0 radical (unpaired) electrons. The van der Waals surface area contributed by atoms with Crippen LogP contribution in [0.4, 0.5) is 0 Å². The molecule has 0 atom stereocenters. The van der Waals surface area contributed by atoms with Crippen LogP contribution in [-0.2, 0) is 16.6 Å². The highest BCUT2D eigenvalue weighted by Crippen LogP contribution is 2.17. The van der Waals surface area contributed by atoms with Crippen LogP contribution in [0.15, 0.2) is 48.8 Å². The van der Waals surface area contributed by atoms with Crippen LogP contribution in [0.5, 0.6) is 0 Å². The van der Waals surface area contributed by atoms with Crippen molar-refractivity contribution in [2.75, 3.05) is 25.4 Å². The summed E-state index contributed by atoms with van der Waals surface area (Å²) in [5.41, 5.74) is 0.649. The van der Waals surface area contributed by atoms with Gasteiger partial charge in [-0.2, -0.15) is 0 Å². The fourth-order valence-electron chi connectivity index (χ4n) is 3.49. The van der Waals surface area contributed by atoms with E-state index in [0.29, 0.717) is 13.1 Å². The molecule has 1 saturated heterocycles. The maximum atomic E-state index is 13.2. The Labute approximate surface area is 176 Å². The van der Waals surface area contributed by atoms with Gasteiger partial charge >= 0.3 is 5.97 Å². The van der Waals surface area contributed by atoms with Crippen LogP contribution in [0, 0.1) is 0 Å². The summed E-state index contributed by atoms with van der Waals surface area (Å²) >= 11 is 0. The van der Waals surface area contributed by atoms with Gasteiger partial charge in [0.1, 0.15) is 0 Å². The molecule has 1 fully saturated rings. The highest BCUT2D eigenvalue weighted by atomic mass is 32.2. The van der Waals surface area contributed by atoms with E-state index in [0.717, 1.165) is 24.8 Å². The van der Waals surface area contributed by atoms with E-state index in [-0.39, 0.29) is 30.0 Å². The Hall–Kier alpha value is -2.78. The molecule has 1 aromatic heterocycles. The zero-order valence-electron chi connectivity index (χ0n) is 16.6. The maximum absolute atomic E-state index is 13.2. The first-order chi connectivity index (χ1) is 14.4. The number of carbonyl (C=O) groups excluding carboxylic acids is 1. The lowest BCUT2D eigenvalue weighted by Gasteiger charge is -2.28. The molecule has 8 nitrogen and oxygen atoms in total. The lowest BCUT2D eigenvalue weighted by atomic mass is 10.1. The van der Waals surface area contributed by atoms with Crippen LogP contribution >= 0.6 is 0 Å². The molecule has 0 spiro atoms. The molecule has 1 amide bonds. The molecule has 0 unspecified atom stereocenters. The van der Waals surface area contributed by atoms with Crippen LogP contribution in [0.1, 0.15) is 45.5 Å². The number of benzene rings is 1. The van der Waals surface area contributed by atoms with Gasteiger partial charge < -0.3 is 10.0 Å². The van der Waals surface area contributed by atoms with Gasteiger partial charge in [0.25, 0.3) is 5.91 Å². The van der Waals surface area contributed by atoms with E-state index in [4.69, 9.17) is 0 Å². The van der Waals surface area contributed by atoms with Gasteiger partial charge in [-0.25, -0.2) is 17.5 Å². The van der Waals surface area contributed by atoms with Gasteiger partial charge in [0, 0.05) is 38.6 Å². The third-order valence-electron chi connectivity index (χ3n) is 5.10. The Kier molecular flexibility index (Phi) is 7.17. The lowest BCUT2D eigenvalue weighted by Crippen LogP contribution is -2.42. The second-order valence-electron chi connectivity index (χ2n) is 7.21. The average Bonchev–Trinajstić information content (AvgIpc) is 2.77. The molecule has 0 aliphatic carbocycles. The summed E-state index contributed by atoms with van der Waals surface area (Å²) < 4.78 is 27.0. The zero-order valence-corrected chi connectivity index (χ0v) is 17.4.